The number of hydrogen-bond acceptors (Lipinski definition) is 2. The summed E-state index contributed by atoms with van der Waals surface area (Å²) in [4.78, 5) is 19.7. The van der Waals surface area contributed by atoms with Crippen LogP contribution in [0.4, 0.5) is 0 Å². The molecule has 0 aliphatic rings. The van der Waals surface area contributed by atoms with E-state index in [9.17, 15) is 14.4 Å². The Hall–Kier alpha value is -0.450. The third-order valence-corrected chi connectivity index (χ3v) is 6.95. The quantitative estimate of drug-likeness (QED) is 0.234. The number of hydrogen-bond donors (Lipinski definition) is 2. The first kappa shape index (κ1) is 32.6. The summed E-state index contributed by atoms with van der Waals surface area (Å²) in [6, 6.07) is 12.8. The van der Waals surface area contributed by atoms with Gasteiger partial charge in [0.2, 0.25) is 0 Å². The van der Waals surface area contributed by atoms with E-state index in [0.29, 0.717) is 0 Å². The molecule has 0 bridgehead atoms. The maximum absolute atomic E-state index is 12.1. The summed E-state index contributed by atoms with van der Waals surface area (Å²) in [5.41, 5.74) is 6.63. The SMILES string of the molecule is CCCCc1ccc(C(OP(=O)(O)O)c2ccc(CCCC)cc2CCCC)c(CCCC)c1.[H-].[Na+]. The normalized spacial score (nSPS) is 11.6. The number of benzene rings is 2. The van der Waals surface area contributed by atoms with E-state index in [1.165, 1.54) is 11.1 Å². The van der Waals surface area contributed by atoms with Gasteiger partial charge in [0.25, 0.3) is 0 Å². The van der Waals surface area contributed by atoms with Crippen molar-refractivity contribution < 1.29 is 49.9 Å². The van der Waals surface area contributed by atoms with Crippen LogP contribution in [0.25, 0.3) is 0 Å². The zero-order valence-corrected chi connectivity index (χ0v) is 25.6. The molecule has 192 valence electrons. The molecular weight excluding hydrogens is 466 g/mol. The number of rotatable bonds is 16. The van der Waals surface area contributed by atoms with Gasteiger partial charge in [0.05, 0.1) is 0 Å². The van der Waals surface area contributed by atoms with E-state index in [-0.39, 0.29) is 31.0 Å². The molecule has 0 aromatic heterocycles. The Kier molecular flexibility index (Phi) is 15.9. The Labute approximate surface area is 237 Å². The monoisotopic (exact) mass is 512 g/mol. The number of phosphoric ester groups is 1. The fourth-order valence-electron chi connectivity index (χ4n) is 4.49. The Bertz CT molecular complexity index is 868. The van der Waals surface area contributed by atoms with Crippen LogP contribution in [-0.4, -0.2) is 9.79 Å². The van der Waals surface area contributed by atoms with Crippen LogP contribution in [-0.2, 0) is 34.8 Å². The fraction of sp³-hybridized carbons (Fsp3) is 0.586. The second kappa shape index (κ2) is 17.1. The van der Waals surface area contributed by atoms with Gasteiger partial charge in [-0.25, -0.2) is 4.57 Å². The Morgan fingerprint density at radius 1 is 0.714 bits per heavy atom. The molecule has 0 aliphatic carbocycles. The number of aryl methyl sites for hydroxylation is 4. The molecule has 0 amide bonds. The molecule has 0 saturated heterocycles. The molecule has 2 aromatic carbocycles. The zero-order valence-electron chi connectivity index (χ0n) is 23.7. The smallest absolute Gasteiger partial charge is 1.00 e. The average Bonchev–Trinajstić information content (AvgIpc) is 2.81. The minimum absolute atomic E-state index is 0. The fourth-order valence-corrected chi connectivity index (χ4v) is 4.99. The van der Waals surface area contributed by atoms with Crippen molar-refractivity contribution in [2.24, 2.45) is 0 Å². The first-order valence-corrected chi connectivity index (χ1v) is 14.8. The first-order valence-electron chi connectivity index (χ1n) is 13.3. The van der Waals surface area contributed by atoms with Crippen molar-refractivity contribution in [1.29, 1.82) is 0 Å². The van der Waals surface area contributed by atoms with Gasteiger partial charge in [-0.05, 0) is 84.7 Å². The van der Waals surface area contributed by atoms with Gasteiger partial charge < -0.3 is 11.2 Å². The third-order valence-electron chi connectivity index (χ3n) is 6.46. The van der Waals surface area contributed by atoms with Crippen LogP contribution in [0.1, 0.15) is 120 Å². The standard InChI is InChI=1S/C29H45O4P.Na.H/c1-5-9-13-23-17-19-27(25(21-23)15-11-7-3)29(33-34(30,31)32)28-20-18-24(14-10-6-2)22-26(28)16-12-8-4;;/h17-22,29H,5-16H2,1-4H3,(H2,30,31,32);;/q;+1;-1. The van der Waals surface area contributed by atoms with Crippen LogP contribution in [0.3, 0.4) is 0 Å². The summed E-state index contributed by atoms with van der Waals surface area (Å²) in [5.74, 6) is 0. The minimum atomic E-state index is -4.70. The average molecular weight is 513 g/mol. The summed E-state index contributed by atoms with van der Waals surface area (Å²) in [5, 5.41) is 0. The molecule has 0 radical (unpaired) electrons. The molecular formula is C29H46NaO4P. The van der Waals surface area contributed by atoms with Gasteiger partial charge >= 0.3 is 37.4 Å². The van der Waals surface area contributed by atoms with E-state index < -0.39 is 13.9 Å². The minimum Gasteiger partial charge on any atom is -1.00 e. The van der Waals surface area contributed by atoms with E-state index in [1.54, 1.807) is 0 Å². The van der Waals surface area contributed by atoms with Crippen molar-refractivity contribution >= 4 is 7.82 Å². The Morgan fingerprint density at radius 3 is 1.43 bits per heavy atom. The van der Waals surface area contributed by atoms with Crippen LogP contribution in [0.15, 0.2) is 36.4 Å². The van der Waals surface area contributed by atoms with E-state index in [0.717, 1.165) is 99.3 Å². The van der Waals surface area contributed by atoms with Gasteiger partial charge in [0.1, 0.15) is 6.10 Å². The predicted molar refractivity (Wildman–Crippen MR) is 143 cm³/mol. The van der Waals surface area contributed by atoms with Crippen molar-refractivity contribution in [3.8, 4) is 0 Å². The number of phosphoric acid groups is 1. The summed E-state index contributed by atoms with van der Waals surface area (Å²) in [7, 11) is -4.70. The first-order chi connectivity index (χ1) is 16.3. The predicted octanol–water partition coefficient (Wildman–Crippen LogP) is 5.37. The summed E-state index contributed by atoms with van der Waals surface area (Å²) in [6.07, 6.45) is 11.8. The maximum Gasteiger partial charge on any atom is 1.00 e. The summed E-state index contributed by atoms with van der Waals surface area (Å²) >= 11 is 0. The maximum atomic E-state index is 12.1. The van der Waals surface area contributed by atoms with Crippen LogP contribution in [0.2, 0.25) is 0 Å². The van der Waals surface area contributed by atoms with Gasteiger partial charge in [0.15, 0.2) is 0 Å². The molecule has 2 aromatic rings. The molecule has 0 spiro atoms. The van der Waals surface area contributed by atoms with Crippen molar-refractivity contribution in [1.82, 2.24) is 0 Å². The van der Waals surface area contributed by atoms with E-state index in [1.807, 2.05) is 12.1 Å². The molecule has 0 aliphatic heterocycles. The van der Waals surface area contributed by atoms with Gasteiger partial charge in [-0.3, -0.25) is 4.52 Å². The molecule has 0 atom stereocenters. The molecule has 35 heavy (non-hydrogen) atoms. The molecule has 2 N–H and O–H groups in total. The van der Waals surface area contributed by atoms with Crippen molar-refractivity contribution in [3.63, 3.8) is 0 Å². The second-order valence-electron chi connectivity index (χ2n) is 9.46. The second-order valence-corrected chi connectivity index (χ2v) is 10.6. The molecule has 6 heteroatoms. The van der Waals surface area contributed by atoms with Crippen LogP contribution < -0.4 is 29.6 Å². The van der Waals surface area contributed by atoms with E-state index >= 15 is 0 Å². The van der Waals surface area contributed by atoms with E-state index in [4.69, 9.17) is 4.52 Å². The Balaban J connectivity index is 0.00000612. The Morgan fingerprint density at radius 2 is 1.09 bits per heavy atom. The third kappa shape index (κ3) is 11.2. The van der Waals surface area contributed by atoms with Gasteiger partial charge in [-0.15, -0.1) is 0 Å². The van der Waals surface area contributed by atoms with Crippen LogP contribution >= 0.6 is 7.82 Å². The van der Waals surface area contributed by atoms with Crippen LogP contribution in [0.5, 0.6) is 0 Å². The summed E-state index contributed by atoms with van der Waals surface area (Å²) < 4.78 is 17.7. The molecule has 4 nitrogen and oxygen atoms in total. The largest absolute Gasteiger partial charge is 1.00 e. The number of unbranched alkanes of at least 4 members (excludes halogenated alkanes) is 4. The van der Waals surface area contributed by atoms with Gasteiger partial charge in [0, 0.05) is 0 Å². The van der Waals surface area contributed by atoms with Gasteiger partial charge in [-0.2, -0.15) is 0 Å². The van der Waals surface area contributed by atoms with Crippen molar-refractivity contribution in [3.05, 3.63) is 69.8 Å². The van der Waals surface area contributed by atoms with Crippen LogP contribution in [0, 0.1) is 0 Å². The van der Waals surface area contributed by atoms with Gasteiger partial charge in [-0.1, -0.05) is 89.8 Å². The van der Waals surface area contributed by atoms with Crippen molar-refractivity contribution in [2.75, 3.05) is 0 Å². The molecule has 0 heterocycles. The molecule has 0 unspecified atom stereocenters. The van der Waals surface area contributed by atoms with Crippen molar-refractivity contribution in [2.45, 2.75) is 111 Å². The molecule has 0 fully saturated rings. The topological polar surface area (TPSA) is 66.8 Å². The molecule has 0 saturated carbocycles. The zero-order chi connectivity index (χ0) is 25.0. The molecule has 2 rings (SSSR count). The summed E-state index contributed by atoms with van der Waals surface area (Å²) in [6.45, 7) is 8.72. The van der Waals surface area contributed by atoms with E-state index in [2.05, 4.69) is 52.0 Å².